The van der Waals surface area contributed by atoms with Gasteiger partial charge in [-0.1, -0.05) is 42.5 Å². The molecule has 0 fully saturated rings. The highest BCUT2D eigenvalue weighted by atomic mass is 15.0. The highest BCUT2D eigenvalue weighted by Crippen LogP contribution is 2.45. The van der Waals surface area contributed by atoms with Crippen molar-refractivity contribution in [1.29, 1.82) is 0 Å². The van der Waals surface area contributed by atoms with Gasteiger partial charge >= 0.3 is 0 Å². The minimum absolute atomic E-state index is 0.969. The molecule has 9 rings (SSSR count). The van der Waals surface area contributed by atoms with Gasteiger partial charge < -0.3 is 4.57 Å². The van der Waals surface area contributed by atoms with Gasteiger partial charge in [-0.25, -0.2) is 4.98 Å². The summed E-state index contributed by atoms with van der Waals surface area (Å²) in [5.74, 6) is 0. The van der Waals surface area contributed by atoms with E-state index in [0.717, 1.165) is 34.0 Å². The summed E-state index contributed by atoms with van der Waals surface area (Å²) in [5, 5.41) is 6.04. The first-order valence-electron chi connectivity index (χ1n) is 12.6. The average Bonchev–Trinajstić information content (AvgIpc) is 3.66. The molecule has 37 heavy (non-hydrogen) atoms. The van der Waals surface area contributed by atoms with Gasteiger partial charge in [0.15, 0.2) is 0 Å². The first-order valence-corrected chi connectivity index (χ1v) is 12.6. The summed E-state index contributed by atoms with van der Waals surface area (Å²) in [6, 6.07) is 30.9. The molecule has 4 heteroatoms. The monoisotopic (exact) mass is 472 g/mol. The largest absolute Gasteiger partial charge is 0.309 e. The number of aromatic nitrogens is 4. The van der Waals surface area contributed by atoms with E-state index in [9.17, 15) is 0 Å². The maximum absolute atomic E-state index is 4.77. The van der Waals surface area contributed by atoms with Crippen molar-refractivity contribution in [3.8, 4) is 16.8 Å². The number of rotatable bonds is 1. The number of hydrogen-bond donors (Lipinski definition) is 0. The van der Waals surface area contributed by atoms with E-state index in [2.05, 4.69) is 98.9 Å². The third-order valence-corrected chi connectivity index (χ3v) is 8.07. The van der Waals surface area contributed by atoms with Crippen molar-refractivity contribution in [3.05, 3.63) is 121 Å². The van der Waals surface area contributed by atoms with Gasteiger partial charge in [0, 0.05) is 57.4 Å². The normalized spacial score (nSPS) is 12.8. The molecule has 4 heterocycles. The summed E-state index contributed by atoms with van der Waals surface area (Å²) in [7, 11) is 0. The number of nitrogens with zero attached hydrogens (tertiary/aromatic N) is 4. The Morgan fingerprint density at radius 2 is 1.51 bits per heavy atom. The summed E-state index contributed by atoms with van der Waals surface area (Å²) in [5.41, 5.74) is 11.2. The van der Waals surface area contributed by atoms with E-state index in [1.54, 1.807) is 0 Å². The van der Waals surface area contributed by atoms with Crippen LogP contribution in [0, 0.1) is 0 Å². The molecule has 0 radical (unpaired) electrons. The molecule has 8 aromatic rings. The standard InChI is InChI=1S/C33H20N4/c1-2-7-22(8-3-1)37-29-11-10-24-31(27-19-34-13-12-28(27)36-15-14-35-33(24)36)32(29)26-17-21-16-20-6-4-5-9-23(20)25(21)18-30(26)37/h1-15,17-19H,16H2. The van der Waals surface area contributed by atoms with Gasteiger partial charge in [-0.2, -0.15) is 0 Å². The van der Waals surface area contributed by atoms with Crippen LogP contribution in [0.25, 0.3) is 65.9 Å². The minimum Gasteiger partial charge on any atom is -0.309 e. The van der Waals surface area contributed by atoms with E-state index in [1.807, 2.05) is 24.8 Å². The van der Waals surface area contributed by atoms with Crippen molar-refractivity contribution in [1.82, 2.24) is 18.9 Å². The minimum atomic E-state index is 0.969. The molecule has 0 unspecified atom stereocenters. The molecule has 4 aromatic heterocycles. The van der Waals surface area contributed by atoms with Crippen molar-refractivity contribution in [2.24, 2.45) is 0 Å². The fourth-order valence-corrected chi connectivity index (χ4v) is 6.55. The summed E-state index contributed by atoms with van der Waals surface area (Å²) in [6.45, 7) is 0. The molecule has 4 aromatic carbocycles. The van der Waals surface area contributed by atoms with Crippen LogP contribution in [0.1, 0.15) is 11.1 Å². The number of hydrogen-bond acceptors (Lipinski definition) is 2. The quantitative estimate of drug-likeness (QED) is 0.229. The second-order valence-corrected chi connectivity index (χ2v) is 9.93. The van der Waals surface area contributed by atoms with Crippen LogP contribution in [0.5, 0.6) is 0 Å². The zero-order valence-corrected chi connectivity index (χ0v) is 19.9. The van der Waals surface area contributed by atoms with E-state index >= 15 is 0 Å². The third kappa shape index (κ3) is 2.42. The molecule has 0 saturated heterocycles. The number of fused-ring (bicyclic) bond motifs is 13. The Balaban J connectivity index is 1.55. The Morgan fingerprint density at radius 3 is 2.46 bits per heavy atom. The van der Waals surface area contributed by atoms with Crippen molar-refractivity contribution in [3.63, 3.8) is 0 Å². The molecule has 0 bridgehead atoms. The zero-order chi connectivity index (χ0) is 24.1. The summed E-state index contributed by atoms with van der Waals surface area (Å²) in [6.07, 6.45) is 8.77. The molecule has 0 spiro atoms. The lowest BCUT2D eigenvalue weighted by atomic mass is 9.98. The maximum Gasteiger partial charge on any atom is 0.145 e. The van der Waals surface area contributed by atoms with Crippen LogP contribution in [-0.4, -0.2) is 18.9 Å². The predicted octanol–water partition coefficient (Wildman–Crippen LogP) is 7.70. The Kier molecular flexibility index (Phi) is 3.55. The van der Waals surface area contributed by atoms with E-state index in [-0.39, 0.29) is 0 Å². The van der Waals surface area contributed by atoms with Crippen LogP contribution >= 0.6 is 0 Å². The van der Waals surface area contributed by atoms with Crippen molar-refractivity contribution < 1.29 is 0 Å². The smallest absolute Gasteiger partial charge is 0.145 e. The Hall–Kier alpha value is -4.96. The molecule has 0 atom stereocenters. The van der Waals surface area contributed by atoms with Gasteiger partial charge in [0.25, 0.3) is 0 Å². The molecular weight excluding hydrogens is 452 g/mol. The van der Waals surface area contributed by atoms with Gasteiger partial charge in [-0.15, -0.1) is 0 Å². The van der Waals surface area contributed by atoms with Crippen LogP contribution in [0.2, 0.25) is 0 Å². The van der Waals surface area contributed by atoms with E-state index in [1.165, 1.54) is 49.4 Å². The SMILES string of the molecule is c1ccc(-n2c3cc4c(cc3c3c5c6cnccc6n6ccnc6c5ccc32)Cc2ccccc2-4)cc1. The highest BCUT2D eigenvalue weighted by molar-refractivity contribution is 6.30. The topological polar surface area (TPSA) is 35.1 Å². The molecule has 0 aliphatic heterocycles. The summed E-state index contributed by atoms with van der Waals surface area (Å²) >= 11 is 0. The fraction of sp³-hybridized carbons (Fsp3) is 0.0303. The Bertz CT molecular complexity index is 2220. The first kappa shape index (κ1) is 19.3. The van der Waals surface area contributed by atoms with Crippen molar-refractivity contribution in [2.45, 2.75) is 6.42 Å². The van der Waals surface area contributed by atoms with Crippen LogP contribution in [-0.2, 0) is 6.42 Å². The Labute approximate surface area is 212 Å². The van der Waals surface area contributed by atoms with E-state index in [4.69, 9.17) is 4.98 Å². The lowest BCUT2D eigenvalue weighted by molar-refractivity contribution is 1.18. The summed E-state index contributed by atoms with van der Waals surface area (Å²) in [4.78, 5) is 9.32. The number of benzene rings is 4. The fourth-order valence-electron chi connectivity index (χ4n) is 6.55. The predicted molar refractivity (Wildman–Crippen MR) is 151 cm³/mol. The van der Waals surface area contributed by atoms with Gasteiger partial charge in [0.2, 0.25) is 0 Å². The van der Waals surface area contributed by atoms with Gasteiger partial charge in [0.1, 0.15) is 5.65 Å². The summed E-state index contributed by atoms with van der Waals surface area (Å²) < 4.78 is 4.60. The van der Waals surface area contributed by atoms with Gasteiger partial charge in [-0.05, 0) is 71.1 Å². The van der Waals surface area contributed by atoms with Crippen LogP contribution in [0.4, 0.5) is 0 Å². The van der Waals surface area contributed by atoms with Gasteiger partial charge in [0.05, 0.1) is 16.6 Å². The number of pyridine rings is 2. The molecule has 1 aliphatic rings. The molecule has 4 nitrogen and oxygen atoms in total. The van der Waals surface area contributed by atoms with Crippen LogP contribution < -0.4 is 0 Å². The number of imidazole rings is 1. The molecule has 172 valence electrons. The molecule has 0 amide bonds. The van der Waals surface area contributed by atoms with Gasteiger partial charge in [-0.3, -0.25) is 9.38 Å². The second-order valence-electron chi connectivity index (χ2n) is 9.93. The van der Waals surface area contributed by atoms with E-state index in [0.29, 0.717) is 0 Å². The molecular formula is C33H20N4. The highest BCUT2D eigenvalue weighted by Gasteiger charge is 2.24. The van der Waals surface area contributed by atoms with Crippen molar-refractivity contribution in [2.75, 3.05) is 0 Å². The van der Waals surface area contributed by atoms with Crippen LogP contribution in [0.3, 0.4) is 0 Å². The Morgan fingerprint density at radius 1 is 0.622 bits per heavy atom. The maximum atomic E-state index is 4.77. The third-order valence-electron chi connectivity index (χ3n) is 8.07. The number of para-hydroxylation sites is 1. The second kappa shape index (κ2) is 6.83. The average molecular weight is 473 g/mol. The first-order chi connectivity index (χ1) is 18.4. The lowest BCUT2D eigenvalue weighted by Crippen LogP contribution is -1.94. The lowest BCUT2D eigenvalue weighted by Gasteiger charge is -2.11. The molecule has 0 N–H and O–H groups in total. The molecule has 0 saturated carbocycles. The van der Waals surface area contributed by atoms with Crippen LogP contribution in [0.15, 0.2) is 110 Å². The zero-order valence-electron chi connectivity index (χ0n) is 19.9. The van der Waals surface area contributed by atoms with E-state index < -0.39 is 0 Å². The van der Waals surface area contributed by atoms with Crippen molar-refractivity contribution >= 4 is 49.1 Å². The molecule has 1 aliphatic carbocycles.